The molecule has 0 heterocycles. The van der Waals surface area contributed by atoms with Crippen molar-refractivity contribution in [1.29, 1.82) is 0 Å². The van der Waals surface area contributed by atoms with Crippen molar-refractivity contribution in [2.24, 2.45) is 0 Å². The lowest BCUT2D eigenvalue weighted by Gasteiger charge is -2.13. The molecule has 0 saturated carbocycles. The Bertz CT molecular complexity index is 352. The molecule has 1 unspecified atom stereocenters. The largest absolute Gasteiger partial charge is 0.399 e. The predicted molar refractivity (Wildman–Crippen MR) is 66.4 cm³/mol. The predicted octanol–water partition coefficient (Wildman–Crippen LogP) is 1.88. The minimum Gasteiger partial charge on any atom is -0.399 e. The van der Waals surface area contributed by atoms with Crippen molar-refractivity contribution in [2.45, 2.75) is 25.3 Å². The van der Waals surface area contributed by atoms with Crippen LogP contribution in [0.25, 0.3) is 0 Å². The molecule has 0 saturated heterocycles. The number of nitrogen functional groups attached to an aromatic ring is 1. The fourth-order valence-electron chi connectivity index (χ4n) is 2.34. The molecule has 0 aliphatic heterocycles. The summed E-state index contributed by atoms with van der Waals surface area (Å²) in [5, 5.41) is 3.57. The summed E-state index contributed by atoms with van der Waals surface area (Å²) in [6.45, 7) is 1.84. The molecular weight excluding hydrogens is 200 g/mol. The molecule has 3 N–H and O–H groups in total. The monoisotopic (exact) mass is 220 g/mol. The second kappa shape index (κ2) is 5.32. The van der Waals surface area contributed by atoms with E-state index < -0.39 is 0 Å². The number of nitrogens with one attached hydrogen (secondary N) is 1. The van der Waals surface area contributed by atoms with Crippen molar-refractivity contribution in [3.8, 4) is 0 Å². The normalized spacial score (nSPS) is 18.7. The summed E-state index contributed by atoms with van der Waals surface area (Å²) >= 11 is 0. The van der Waals surface area contributed by atoms with Gasteiger partial charge >= 0.3 is 0 Å². The van der Waals surface area contributed by atoms with E-state index in [2.05, 4.69) is 17.4 Å². The van der Waals surface area contributed by atoms with E-state index in [4.69, 9.17) is 10.5 Å². The average molecular weight is 220 g/mol. The number of ether oxygens (including phenoxy) is 1. The minimum atomic E-state index is 0.507. The van der Waals surface area contributed by atoms with Crippen molar-refractivity contribution in [3.63, 3.8) is 0 Å². The van der Waals surface area contributed by atoms with Crippen molar-refractivity contribution >= 4 is 5.69 Å². The van der Waals surface area contributed by atoms with E-state index in [-0.39, 0.29) is 0 Å². The SMILES string of the molecule is COCCCNC1CCc2cc(N)ccc21. The summed E-state index contributed by atoms with van der Waals surface area (Å²) < 4.78 is 5.04. The van der Waals surface area contributed by atoms with Crippen LogP contribution < -0.4 is 11.1 Å². The van der Waals surface area contributed by atoms with E-state index in [0.29, 0.717) is 6.04 Å². The standard InChI is InChI=1S/C13H20N2O/c1-16-8-2-7-15-13-6-3-10-9-11(14)4-5-12(10)13/h4-5,9,13,15H,2-3,6-8,14H2,1H3. The molecule has 1 aliphatic carbocycles. The number of anilines is 1. The van der Waals surface area contributed by atoms with Gasteiger partial charge in [-0.1, -0.05) is 6.07 Å². The maximum absolute atomic E-state index is 5.78. The molecule has 0 radical (unpaired) electrons. The van der Waals surface area contributed by atoms with Crippen LogP contribution in [0.2, 0.25) is 0 Å². The zero-order valence-corrected chi connectivity index (χ0v) is 9.83. The molecular formula is C13H20N2O. The van der Waals surface area contributed by atoms with Gasteiger partial charge in [-0.25, -0.2) is 0 Å². The van der Waals surface area contributed by atoms with Crippen LogP contribution in [0.15, 0.2) is 18.2 Å². The molecule has 0 bridgehead atoms. The lowest BCUT2D eigenvalue weighted by molar-refractivity contribution is 0.193. The van der Waals surface area contributed by atoms with Gasteiger partial charge in [-0.05, 0) is 49.1 Å². The topological polar surface area (TPSA) is 47.3 Å². The molecule has 0 fully saturated rings. The Labute approximate surface area is 97.0 Å². The summed E-state index contributed by atoms with van der Waals surface area (Å²) in [6, 6.07) is 6.76. The van der Waals surface area contributed by atoms with Gasteiger partial charge < -0.3 is 15.8 Å². The maximum atomic E-state index is 5.78. The lowest BCUT2D eigenvalue weighted by Crippen LogP contribution is -2.21. The van der Waals surface area contributed by atoms with Crippen molar-refractivity contribution in [3.05, 3.63) is 29.3 Å². The Morgan fingerprint density at radius 3 is 3.19 bits per heavy atom. The molecule has 0 spiro atoms. The summed E-state index contributed by atoms with van der Waals surface area (Å²) in [5.41, 5.74) is 9.48. The van der Waals surface area contributed by atoms with Crippen LogP contribution in [0.5, 0.6) is 0 Å². The van der Waals surface area contributed by atoms with Gasteiger partial charge in [-0.3, -0.25) is 0 Å². The number of fused-ring (bicyclic) bond motifs is 1. The molecule has 16 heavy (non-hydrogen) atoms. The van der Waals surface area contributed by atoms with E-state index in [1.165, 1.54) is 17.5 Å². The van der Waals surface area contributed by atoms with Crippen LogP contribution in [0, 0.1) is 0 Å². The summed E-state index contributed by atoms with van der Waals surface area (Å²) in [7, 11) is 1.74. The van der Waals surface area contributed by atoms with Gasteiger partial charge in [0.1, 0.15) is 0 Å². The molecule has 1 aromatic carbocycles. The van der Waals surface area contributed by atoms with Gasteiger partial charge in [0.25, 0.3) is 0 Å². The van der Waals surface area contributed by atoms with Gasteiger partial charge in [-0.2, -0.15) is 0 Å². The van der Waals surface area contributed by atoms with Crippen molar-refractivity contribution in [1.82, 2.24) is 5.32 Å². The van der Waals surface area contributed by atoms with E-state index in [1.807, 2.05) is 6.07 Å². The lowest BCUT2D eigenvalue weighted by atomic mass is 10.1. The first kappa shape index (κ1) is 11.4. The van der Waals surface area contributed by atoms with E-state index in [1.54, 1.807) is 7.11 Å². The first-order valence-corrected chi connectivity index (χ1v) is 5.92. The number of methoxy groups -OCH3 is 1. The van der Waals surface area contributed by atoms with Crippen LogP contribution in [-0.2, 0) is 11.2 Å². The van der Waals surface area contributed by atoms with E-state index in [9.17, 15) is 0 Å². The third-order valence-corrected chi connectivity index (χ3v) is 3.16. The van der Waals surface area contributed by atoms with Gasteiger partial charge in [0, 0.05) is 25.4 Å². The maximum Gasteiger partial charge on any atom is 0.0474 e. The molecule has 2 rings (SSSR count). The van der Waals surface area contributed by atoms with Crippen LogP contribution in [-0.4, -0.2) is 20.3 Å². The Kier molecular flexibility index (Phi) is 3.80. The summed E-state index contributed by atoms with van der Waals surface area (Å²) in [6.07, 6.45) is 3.39. The number of nitrogens with two attached hydrogens (primary N) is 1. The Morgan fingerprint density at radius 2 is 2.38 bits per heavy atom. The minimum absolute atomic E-state index is 0.507. The highest BCUT2D eigenvalue weighted by Gasteiger charge is 2.21. The number of aryl methyl sites for hydroxylation is 1. The highest BCUT2D eigenvalue weighted by atomic mass is 16.5. The Morgan fingerprint density at radius 1 is 1.50 bits per heavy atom. The van der Waals surface area contributed by atoms with E-state index >= 15 is 0 Å². The van der Waals surface area contributed by atoms with Gasteiger partial charge in [0.05, 0.1) is 0 Å². The molecule has 1 aliphatic rings. The zero-order chi connectivity index (χ0) is 11.4. The molecule has 1 atom stereocenters. The van der Waals surface area contributed by atoms with Crippen LogP contribution in [0.1, 0.15) is 30.0 Å². The van der Waals surface area contributed by atoms with Gasteiger partial charge in [0.15, 0.2) is 0 Å². The number of rotatable bonds is 5. The quantitative estimate of drug-likeness (QED) is 0.588. The van der Waals surface area contributed by atoms with Crippen LogP contribution in [0.3, 0.4) is 0 Å². The summed E-state index contributed by atoms with van der Waals surface area (Å²) in [4.78, 5) is 0. The fraction of sp³-hybridized carbons (Fsp3) is 0.538. The second-order valence-electron chi connectivity index (χ2n) is 4.35. The second-order valence-corrected chi connectivity index (χ2v) is 4.35. The highest BCUT2D eigenvalue weighted by Crippen LogP contribution is 2.32. The first-order valence-electron chi connectivity index (χ1n) is 5.92. The highest BCUT2D eigenvalue weighted by molar-refractivity contribution is 5.47. The third kappa shape index (κ3) is 2.54. The van der Waals surface area contributed by atoms with Crippen molar-refractivity contribution < 1.29 is 4.74 Å². The van der Waals surface area contributed by atoms with Crippen molar-refractivity contribution in [2.75, 3.05) is 26.0 Å². The smallest absolute Gasteiger partial charge is 0.0474 e. The average Bonchev–Trinajstić information content (AvgIpc) is 2.67. The molecule has 1 aromatic rings. The molecule has 0 aromatic heterocycles. The number of benzene rings is 1. The third-order valence-electron chi connectivity index (χ3n) is 3.16. The van der Waals surface area contributed by atoms with Crippen LogP contribution in [0.4, 0.5) is 5.69 Å². The summed E-state index contributed by atoms with van der Waals surface area (Å²) in [5.74, 6) is 0. The van der Waals surface area contributed by atoms with Gasteiger partial charge in [0.2, 0.25) is 0 Å². The molecule has 88 valence electrons. The van der Waals surface area contributed by atoms with E-state index in [0.717, 1.165) is 31.7 Å². The zero-order valence-electron chi connectivity index (χ0n) is 9.83. The Hall–Kier alpha value is -1.06. The number of hydrogen-bond donors (Lipinski definition) is 2. The molecule has 3 nitrogen and oxygen atoms in total. The number of hydrogen-bond acceptors (Lipinski definition) is 3. The molecule has 3 heteroatoms. The Balaban J connectivity index is 1.91. The first-order chi connectivity index (χ1) is 7.81. The van der Waals surface area contributed by atoms with Crippen LogP contribution >= 0.6 is 0 Å². The fourth-order valence-corrected chi connectivity index (χ4v) is 2.34. The van der Waals surface area contributed by atoms with Gasteiger partial charge in [-0.15, -0.1) is 0 Å². The molecule has 0 amide bonds.